The van der Waals surface area contributed by atoms with Gasteiger partial charge in [-0.05, 0) is 24.1 Å². The van der Waals surface area contributed by atoms with E-state index in [0.29, 0.717) is 17.6 Å². The van der Waals surface area contributed by atoms with Crippen LogP contribution in [0.3, 0.4) is 0 Å². The Morgan fingerprint density at radius 3 is 2.33 bits per heavy atom. The summed E-state index contributed by atoms with van der Waals surface area (Å²) in [6, 6.07) is 3.74. The number of nitrogens with one attached hydrogen (secondary N) is 2. The van der Waals surface area contributed by atoms with Crippen LogP contribution in [-0.4, -0.2) is 28.0 Å². The monoisotopic (exact) mass is 285 g/mol. The fourth-order valence-corrected chi connectivity index (χ4v) is 2.34. The normalized spacial score (nSPS) is 11.0. The van der Waals surface area contributed by atoms with Crippen molar-refractivity contribution in [3.63, 3.8) is 0 Å². The predicted octanol–water partition coefficient (Wildman–Crippen LogP) is 1.70. The standard InChI is InChI=1S/C16H19N3O2/c1-4-8-19(9-5-2)10-12-11(3)6-7-13-14(12)18-16(21)15(20)17-13/h4-7H,1-2,8-10H2,3H3,(H,17,20)(H,18,21). The smallest absolute Gasteiger partial charge is 0.314 e. The number of benzene rings is 1. The number of aryl methyl sites for hydroxylation is 1. The molecule has 5 heteroatoms. The minimum atomic E-state index is -0.633. The highest BCUT2D eigenvalue weighted by molar-refractivity contribution is 5.78. The zero-order valence-electron chi connectivity index (χ0n) is 12.1. The molecule has 1 aromatic carbocycles. The van der Waals surface area contributed by atoms with Gasteiger partial charge < -0.3 is 9.97 Å². The average molecular weight is 285 g/mol. The van der Waals surface area contributed by atoms with Crippen LogP contribution >= 0.6 is 0 Å². The first-order valence-electron chi connectivity index (χ1n) is 6.75. The lowest BCUT2D eigenvalue weighted by molar-refractivity contribution is 0.328. The Labute approximate surface area is 122 Å². The zero-order valence-corrected chi connectivity index (χ0v) is 12.1. The molecule has 1 heterocycles. The zero-order chi connectivity index (χ0) is 15.4. The minimum Gasteiger partial charge on any atom is -0.316 e. The molecule has 1 aromatic heterocycles. The fourth-order valence-electron chi connectivity index (χ4n) is 2.34. The maximum atomic E-state index is 11.6. The number of fused-ring (bicyclic) bond motifs is 1. The van der Waals surface area contributed by atoms with Gasteiger partial charge in [-0.3, -0.25) is 14.5 Å². The molecule has 0 fully saturated rings. The van der Waals surface area contributed by atoms with E-state index in [1.165, 1.54) is 0 Å². The molecule has 5 nitrogen and oxygen atoms in total. The highest BCUT2D eigenvalue weighted by Crippen LogP contribution is 2.19. The van der Waals surface area contributed by atoms with Gasteiger partial charge in [0.1, 0.15) is 0 Å². The van der Waals surface area contributed by atoms with Crippen LogP contribution in [0.1, 0.15) is 11.1 Å². The molecule has 110 valence electrons. The summed E-state index contributed by atoms with van der Waals surface area (Å²) in [6.45, 7) is 11.6. The van der Waals surface area contributed by atoms with Gasteiger partial charge in [-0.25, -0.2) is 0 Å². The molecule has 0 aliphatic carbocycles. The van der Waals surface area contributed by atoms with Crippen molar-refractivity contribution in [1.29, 1.82) is 0 Å². The third-order valence-corrected chi connectivity index (χ3v) is 3.40. The van der Waals surface area contributed by atoms with Crippen LogP contribution in [-0.2, 0) is 6.54 Å². The van der Waals surface area contributed by atoms with Crippen LogP contribution in [0.5, 0.6) is 0 Å². The van der Waals surface area contributed by atoms with Gasteiger partial charge >= 0.3 is 11.1 Å². The molecular weight excluding hydrogens is 266 g/mol. The fraction of sp³-hybridized carbons (Fsp3) is 0.250. The molecule has 0 bridgehead atoms. The Hall–Kier alpha value is -2.40. The summed E-state index contributed by atoms with van der Waals surface area (Å²) in [4.78, 5) is 30.4. The average Bonchev–Trinajstić information content (AvgIpc) is 2.44. The van der Waals surface area contributed by atoms with Crippen molar-refractivity contribution in [3.8, 4) is 0 Å². The van der Waals surface area contributed by atoms with E-state index >= 15 is 0 Å². The van der Waals surface area contributed by atoms with Gasteiger partial charge in [0.2, 0.25) is 0 Å². The SMILES string of the molecule is C=CCN(CC=C)Cc1c(C)ccc2[nH]c(=O)c(=O)[nH]c12. The quantitative estimate of drug-likeness (QED) is 0.627. The van der Waals surface area contributed by atoms with E-state index in [9.17, 15) is 9.59 Å². The molecule has 0 atom stereocenters. The van der Waals surface area contributed by atoms with Crippen LogP contribution in [0.25, 0.3) is 11.0 Å². The number of H-pyrrole nitrogens is 2. The van der Waals surface area contributed by atoms with E-state index in [-0.39, 0.29) is 0 Å². The summed E-state index contributed by atoms with van der Waals surface area (Å²) in [5, 5.41) is 0. The second kappa shape index (κ2) is 6.37. The van der Waals surface area contributed by atoms with Crippen LogP contribution < -0.4 is 11.1 Å². The van der Waals surface area contributed by atoms with E-state index in [2.05, 4.69) is 28.0 Å². The first-order valence-corrected chi connectivity index (χ1v) is 6.75. The number of nitrogens with zero attached hydrogens (tertiary/aromatic N) is 1. The Balaban J connectivity index is 2.55. The number of aromatic nitrogens is 2. The van der Waals surface area contributed by atoms with Gasteiger partial charge in [0, 0.05) is 19.6 Å². The Kier molecular flexibility index (Phi) is 4.55. The van der Waals surface area contributed by atoms with Gasteiger partial charge in [0.05, 0.1) is 11.0 Å². The largest absolute Gasteiger partial charge is 0.316 e. The first-order chi connectivity index (χ1) is 10.1. The van der Waals surface area contributed by atoms with Gasteiger partial charge in [-0.1, -0.05) is 18.2 Å². The van der Waals surface area contributed by atoms with Crippen LogP contribution in [0.15, 0.2) is 47.0 Å². The molecule has 0 radical (unpaired) electrons. The van der Waals surface area contributed by atoms with E-state index in [4.69, 9.17) is 0 Å². The topological polar surface area (TPSA) is 69.0 Å². The molecule has 2 rings (SSSR count). The lowest BCUT2D eigenvalue weighted by Crippen LogP contribution is -2.30. The van der Waals surface area contributed by atoms with Crippen molar-refractivity contribution in [2.45, 2.75) is 13.5 Å². The minimum absolute atomic E-state index is 0.631. The summed E-state index contributed by atoms with van der Waals surface area (Å²) >= 11 is 0. The lowest BCUT2D eigenvalue weighted by Gasteiger charge is -2.21. The van der Waals surface area contributed by atoms with Crippen LogP contribution in [0.2, 0.25) is 0 Å². The molecule has 0 spiro atoms. The van der Waals surface area contributed by atoms with E-state index in [1.807, 2.05) is 25.1 Å². The molecule has 2 N–H and O–H groups in total. The van der Waals surface area contributed by atoms with Crippen LogP contribution in [0, 0.1) is 6.92 Å². The van der Waals surface area contributed by atoms with Gasteiger partial charge in [0.25, 0.3) is 0 Å². The maximum Gasteiger partial charge on any atom is 0.314 e. The van der Waals surface area contributed by atoms with E-state index < -0.39 is 11.1 Å². The summed E-state index contributed by atoms with van der Waals surface area (Å²) < 4.78 is 0. The Bertz CT molecular complexity index is 776. The number of rotatable bonds is 6. The Morgan fingerprint density at radius 2 is 1.71 bits per heavy atom. The molecule has 0 saturated heterocycles. The molecule has 0 saturated carbocycles. The third-order valence-electron chi connectivity index (χ3n) is 3.40. The molecule has 0 aliphatic heterocycles. The molecule has 0 unspecified atom stereocenters. The molecular formula is C16H19N3O2. The van der Waals surface area contributed by atoms with E-state index in [1.54, 1.807) is 6.07 Å². The summed E-state index contributed by atoms with van der Waals surface area (Å²) in [5.41, 5.74) is 2.10. The predicted molar refractivity (Wildman–Crippen MR) is 85.6 cm³/mol. The van der Waals surface area contributed by atoms with Crippen molar-refractivity contribution in [2.75, 3.05) is 13.1 Å². The second-order valence-corrected chi connectivity index (χ2v) is 4.96. The Morgan fingerprint density at radius 1 is 1.10 bits per heavy atom. The third kappa shape index (κ3) is 3.20. The number of hydrogen-bond acceptors (Lipinski definition) is 3. The first kappa shape index (κ1) is 15.0. The van der Waals surface area contributed by atoms with Crippen molar-refractivity contribution in [1.82, 2.24) is 14.9 Å². The van der Waals surface area contributed by atoms with Gasteiger partial charge in [-0.2, -0.15) is 0 Å². The van der Waals surface area contributed by atoms with Crippen LogP contribution in [0.4, 0.5) is 0 Å². The number of hydrogen-bond donors (Lipinski definition) is 2. The molecule has 0 amide bonds. The molecule has 2 aromatic rings. The number of aromatic amines is 2. The summed E-state index contributed by atoms with van der Waals surface area (Å²) in [6.07, 6.45) is 3.66. The lowest BCUT2D eigenvalue weighted by atomic mass is 10.1. The maximum absolute atomic E-state index is 11.6. The van der Waals surface area contributed by atoms with Crippen molar-refractivity contribution in [3.05, 3.63) is 69.3 Å². The van der Waals surface area contributed by atoms with Crippen molar-refractivity contribution in [2.24, 2.45) is 0 Å². The van der Waals surface area contributed by atoms with E-state index in [0.717, 1.165) is 24.2 Å². The highest BCUT2D eigenvalue weighted by atomic mass is 16.2. The summed E-state index contributed by atoms with van der Waals surface area (Å²) in [7, 11) is 0. The van der Waals surface area contributed by atoms with Gasteiger partial charge in [0.15, 0.2) is 0 Å². The molecule has 21 heavy (non-hydrogen) atoms. The second-order valence-electron chi connectivity index (χ2n) is 4.96. The summed E-state index contributed by atoms with van der Waals surface area (Å²) in [5.74, 6) is 0. The van der Waals surface area contributed by atoms with Crippen molar-refractivity contribution < 1.29 is 0 Å². The molecule has 0 aliphatic rings. The highest BCUT2D eigenvalue weighted by Gasteiger charge is 2.11. The van der Waals surface area contributed by atoms with Gasteiger partial charge in [-0.15, -0.1) is 13.2 Å². The van der Waals surface area contributed by atoms with Crippen molar-refractivity contribution >= 4 is 11.0 Å².